The number of ketones is 1. The lowest BCUT2D eigenvalue weighted by Crippen LogP contribution is -2.37. The van der Waals surface area contributed by atoms with Crippen LogP contribution in [0, 0.1) is 0 Å². The molecule has 0 amide bonds. The van der Waals surface area contributed by atoms with Gasteiger partial charge in [-0.05, 0) is 30.7 Å². The molecule has 1 aromatic carbocycles. The summed E-state index contributed by atoms with van der Waals surface area (Å²) in [5.74, 6) is -1.80. The van der Waals surface area contributed by atoms with Crippen molar-refractivity contribution in [3.8, 4) is 0 Å². The lowest BCUT2D eigenvalue weighted by Gasteiger charge is -2.11. The van der Waals surface area contributed by atoms with Gasteiger partial charge in [-0.15, -0.1) is 0 Å². The summed E-state index contributed by atoms with van der Waals surface area (Å²) in [7, 11) is 0. The van der Waals surface area contributed by atoms with Crippen molar-refractivity contribution in [2.24, 2.45) is 0 Å². The molecule has 2 aromatic rings. The molecular weight excluding hydrogens is 350 g/mol. The van der Waals surface area contributed by atoms with Crippen LogP contribution in [-0.4, -0.2) is 27.9 Å². The molecule has 0 spiro atoms. The Balaban J connectivity index is 2.19. The van der Waals surface area contributed by atoms with E-state index in [-0.39, 0.29) is 17.9 Å². The van der Waals surface area contributed by atoms with Gasteiger partial charge in [0.05, 0.1) is 5.56 Å². The number of carbonyl (C=O) groups excluding carboxylic acids is 2. The first-order valence-electron chi connectivity index (χ1n) is 7.43. The van der Waals surface area contributed by atoms with Crippen molar-refractivity contribution >= 4 is 29.2 Å². The molecule has 2 rings (SSSR count). The van der Waals surface area contributed by atoms with Crippen LogP contribution in [0.2, 0.25) is 5.02 Å². The number of carbonyl (C=O) groups is 2. The van der Waals surface area contributed by atoms with Crippen LogP contribution in [0.15, 0.2) is 33.9 Å². The van der Waals surface area contributed by atoms with E-state index in [1.165, 1.54) is 24.3 Å². The van der Waals surface area contributed by atoms with Gasteiger partial charge in [0.25, 0.3) is 5.56 Å². The third-order valence-electron chi connectivity index (χ3n) is 3.38. The highest BCUT2D eigenvalue weighted by atomic mass is 35.5. The molecule has 0 atom stereocenters. The van der Waals surface area contributed by atoms with Gasteiger partial charge in [0.1, 0.15) is 11.4 Å². The molecule has 0 radical (unpaired) electrons. The number of Topliss-reactive ketones (excluding diaryl/α,β-unsaturated/α-hetero) is 1. The van der Waals surface area contributed by atoms with E-state index in [2.05, 4.69) is 0 Å². The number of halogens is 1. The van der Waals surface area contributed by atoms with Crippen molar-refractivity contribution in [2.45, 2.75) is 19.9 Å². The van der Waals surface area contributed by atoms with Crippen molar-refractivity contribution in [2.75, 3.05) is 12.3 Å². The molecule has 0 aliphatic heterocycles. The number of nitrogens with two attached hydrogens (primary N) is 1. The predicted octanol–water partition coefficient (Wildman–Crippen LogP) is 1.22. The average Bonchev–Trinajstić information content (AvgIpc) is 2.57. The number of ether oxygens (including phenoxy) is 1. The smallest absolute Gasteiger partial charge is 0.338 e. The van der Waals surface area contributed by atoms with Crippen molar-refractivity contribution in [1.29, 1.82) is 0 Å². The summed E-state index contributed by atoms with van der Waals surface area (Å²) in [6, 6.07) is 5.89. The molecule has 8 nitrogen and oxygen atoms in total. The van der Waals surface area contributed by atoms with E-state index in [1.54, 1.807) is 0 Å². The quantitative estimate of drug-likeness (QED) is 0.585. The molecule has 1 heterocycles. The van der Waals surface area contributed by atoms with Gasteiger partial charge in [-0.1, -0.05) is 18.5 Å². The number of aromatic nitrogens is 2. The van der Waals surface area contributed by atoms with Crippen LogP contribution in [0.5, 0.6) is 0 Å². The topological polar surface area (TPSA) is 124 Å². The van der Waals surface area contributed by atoms with Gasteiger partial charge in [0.15, 0.2) is 6.61 Å². The highest BCUT2D eigenvalue weighted by Gasteiger charge is 2.20. The first-order valence-corrected chi connectivity index (χ1v) is 7.81. The van der Waals surface area contributed by atoms with Gasteiger partial charge >= 0.3 is 11.7 Å². The maximum atomic E-state index is 12.2. The number of esters is 1. The molecule has 0 saturated heterocycles. The summed E-state index contributed by atoms with van der Waals surface area (Å²) < 4.78 is 5.99. The first-order chi connectivity index (χ1) is 11.8. The lowest BCUT2D eigenvalue weighted by molar-refractivity contribution is 0.0474. The van der Waals surface area contributed by atoms with Gasteiger partial charge < -0.3 is 10.5 Å². The number of H-pyrrole nitrogens is 1. The van der Waals surface area contributed by atoms with E-state index in [9.17, 15) is 19.2 Å². The molecule has 0 unspecified atom stereocenters. The Bertz CT molecular complexity index is 915. The molecule has 1 aromatic heterocycles. The summed E-state index contributed by atoms with van der Waals surface area (Å²) in [6.07, 6.45) is 0.579. The van der Waals surface area contributed by atoms with Crippen LogP contribution in [0.3, 0.4) is 0 Å². The number of aromatic amines is 1. The highest BCUT2D eigenvalue weighted by molar-refractivity contribution is 6.30. The summed E-state index contributed by atoms with van der Waals surface area (Å²) in [4.78, 5) is 49.8. The zero-order valence-corrected chi connectivity index (χ0v) is 14.1. The summed E-state index contributed by atoms with van der Waals surface area (Å²) in [5, 5.41) is 0.449. The third-order valence-corrected chi connectivity index (χ3v) is 3.63. The van der Waals surface area contributed by atoms with Gasteiger partial charge in [-0.3, -0.25) is 19.1 Å². The minimum Gasteiger partial charge on any atom is -0.454 e. The third kappa shape index (κ3) is 4.16. The Hall–Kier alpha value is -2.87. The van der Waals surface area contributed by atoms with E-state index in [4.69, 9.17) is 22.1 Å². The second kappa shape index (κ2) is 7.80. The summed E-state index contributed by atoms with van der Waals surface area (Å²) in [6.45, 7) is 1.37. The normalized spacial score (nSPS) is 10.5. The SMILES string of the molecule is CCCn1c(N)c(C(=O)COC(=O)c2ccc(Cl)cc2)c(=O)[nH]c1=O. The lowest BCUT2D eigenvalue weighted by atomic mass is 10.2. The average molecular weight is 366 g/mol. The Morgan fingerprint density at radius 1 is 1.24 bits per heavy atom. The number of rotatable bonds is 6. The Kier molecular flexibility index (Phi) is 5.76. The number of anilines is 1. The fourth-order valence-electron chi connectivity index (χ4n) is 2.18. The van der Waals surface area contributed by atoms with E-state index in [0.717, 1.165) is 4.57 Å². The van der Waals surface area contributed by atoms with E-state index < -0.39 is 35.2 Å². The number of nitrogen functional groups attached to an aromatic ring is 1. The van der Waals surface area contributed by atoms with Crippen molar-refractivity contribution in [3.05, 3.63) is 61.3 Å². The van der Waals surface area contributed by atoms with Crippen LogP contribution in [0.1, 0.15) is 34.1 Å². The van der Waals surface area contributed by atoms with Gasteiger partial charge in [0.2, 0.25) is 5.78 Å². The van der Waals surface area contributed by atoms with Crippen LogP contribution in [0.25, 0.3) is 0 Å². The van der Waals surface area contributed by atoms with Gasteiger partial charge in [-0.2, -0.15) is 0 Å². The Labute approximate surface area is 147 Å². The molecule has 25 heavy (non-hydrogen) atoms. The highest BCUT2D eigenvalue weighted by Crippen LogP contribution is 2.11. The first kappa shape index (κ1) is 18.5. The number of benzene rings is 1. The van der Waals surface area contributed by atoms with E-state index in [1.807, 2.05) is 11.9 Å². The number of nitrogens with zero attached hydrogens (tertiary/aromatic N) is 1. The second-order valence-electron chi connectivity index (χ2n) is 5.18. The van der Waals surface area contributed by atoms with Crippen LogP contribution < -0.4 is 17.0 Å². The molecule has 9 heteroatoms. The molecule has 0 saturated carbocycles. The minimum atomic E-state index is -0.914. The summed E-state index contributed by atoms with van der Waals surface area (Å²) >= 11 is 5.73. The van der Waals surface area contributed by atoms with Gasteiger partial charge in [-0.25, -0.2) is 9.59 Å². The molecule has 0 aliphatic carbocycles. The maximum Gasteiger partial charge on any atom is 0.338 e. The fourth-order valence-corrected chi connectivity index (χ4v) is 2.30. The largest absolute Gasteiger partial charge is 0.454 e. The number of hydrogen-bond donors (Lipinski definition) is 2. The zero-order valence-electron chi connectivity index (χ0n) is 13.4. The Morgan fingerprint density at radius 2 is 1.88 bits per heavy atom. The molecule has 0 bridgehead atoms. The molecule has 3 N–H and O–H groups in total. The van der Waals surface area contributed by atoms with E-state index >= 15 is 0 Å². The second-order valence-corrected chi connectivity index (χ2v) is 5.61. The fraction of sp³-hybridized carbons (Fsp3) is 0.250. The van der Waals surface area contributed by atoms with Crippen LogP contribution in [-0.2, 0) is 11.3 Å². The molecular formula is C16H16ClN3O5. The number of nitrogens with one attached hydrogen (secondary N) is 1. The molecule has 132 valence electrons. The minimum absolute atomic E-state index is 0.204. The van der Waals surface area contributed by atoms with Crippen LogP contribution >= 0.6 is 11.6 Å². The Morgan fingerprint density at radius 3 is 2.48 bits per heavy atom. The monoisotopic (exact) mass is 365 g/mol. The van der Waals surface area contributed by atoms with Gasteiger partial charge in [0, 0.05) is 11.6 Å². The molecule has 0 aliphatic rings. The van der Waals surface area contributed by atoms with Crippen LogP contribution in [0.4, 0.5) is 5.82 Å². The summed E-state index contributed by atoms with van der Waals surface area (Å²) in [5.41, 5.74) is 3.96. The molecule has 0 fully saturated rings. The zero-order chi connectivity index (χ0) is 18.6. The van der Waals surface area contributed by atoms with Crippen molar-refractivity contribution in [1.82, 2.24) is 9.55 Å². The number of hydrogen-bond acceptors (Lipinski definition) is 6. The maximum absolute atomic E-state index is 12.2. The predicted molar refractivity (Wildman–Crippen MR) is 92.1 cm³/mol. The van der Waals surface area contributed by atoms with Crippen molar-refractivity contribution in [3.63, 3.8) is 0 Å². The van der Waals surface area contributed by atoms with E-state index in [0.29, 0.717) is 11.4 Å². The van der Waals surface area contributed by atoms with Crippen molar-refractivity contribution < 1.29 is 14.3 Å². The standard InChI is InChI=1S/C16H16ClN3O5/c1-2-7-20-13(18)12(14(22)19-16(20)24)11(21)8-25-15(23)9-3-5-10(17)6-4-9/h3-6H,2,7-8,18H2,1H3,(H,19,22,24).